The van der Waals surface area contributed by atoms with E-state index in [0.29, 0.717) is 0 Å². The number of benzene rings is 1. The first kappa shape index (κ1) is 19.9. The van der Waals surface area contributed by atoms with Crippen LogP contribution in [0.4, 0.5) is 0 Å². The van der Waals surface area contributed by atoms with Crippen molar-refractivity contribution in [1.82, 2.24) is 10.3 Å². The molecule has 8 heteroatoms. The Morgan fingerprint density at radius 2 is 1.64 bits per heavy atom. The summed E-state index contributed by atoms with van der Waals surface area (Å²) in [4.78, 5) is 22.3. The van der Waals surface area contributed by atoms with Crippen molar-refractivity contribution in [3.05, 3.63) is 53.9 Å². The number of carboxylic acid groups (broad SMARTS) is 2. The second-order valence-corrected chi connectivity index (χ2v) is 4.76. The van der Waals surface area contributed by atoms with E-state index in [1.807, 2.05) is 30.5 Å². The second kappa shape index (κ2) is 10.6. The van der Waals surface area contributed by atoms with Gasteiger partial charge in [-0.15, -0.1) is 0 Å². The average Bonchev–Trinajstić information content (AvgIpc) is 2.63. The van der Waals surface area contributed by atoms with E-state index >= 15 is 0 Å². The average molecular weight is 348 g/mol. The fourth-order valence-electron chi connectivity index (χ4n) is 1.84. The largest absolute Gasteiger partial charge is 0.493 e. The lowest BCUT2D eigenvalue weighted by Crippen LogP contribution is -2.12. The molecular formula is C17H20N2O6. The molecule has 0 saturated heterocycles. The minimum atomic E-state index is -1.82. The molecule has 0 spiro atoms. The van der Waals surface area contributed by atoms with E-state index in [1.165, 1.54) is 5.56 Å². The number of nitrogens with one attached hydrogen (secondary N) is 1. The Labute approximate surface area is 145 Å². The Kier molecular flexibility index (Phi) is 8.45. The normalized spacial score (nSPS) is 9.52. The van der Waals surface area contributed by atoms with Crippen LogP contribution >= 0.6 is 0 Å². The van der Waals surface area contributed by atoms with Gasteiger partial charge in [0, 0.05) is 25.5 Å². The number of rotatable bonds is 6. The zero-order valence-corrected chi connectivity index (χ0v) is 13.9. The highest BCUT2D eigenvalue weighted by molar-refractivity contribution is 6.27. The minimum Gasteiger partial charge on any atom is -0.493 e. The van der Waals surface area contributed by atoms with Crippen molar-refractivity contribution in [2.75, 3.05) is 14.2 Å². The highest BCUT2D eigenvalue weighted by Crippen LogP contribution is 2.27. The van der Waals surface area contributed by atoms with E-state index < -0.39 is 11.9 Å². The molecular weight excluding hydrogens is 328 g/mol. The van der Waals surface area contributed by atoms with Gasteiger partial charge in [-0.1, -0.05) is 12.1 Å². The van der Waals surface area contributed by atoms with Crippen molar-refractivity contribution in [2.45, 2.75) is 13.1 Å². The van der Waals surface area contributed by atoms with Crippen molar-refractivity contribution < 1.29 is 29.3 Å². The van der Waals surface area contributed by atoms with Crippen LogP contribution in [0.25, 0.3) is 0 Å². The summed E-state index contributed by atoms with van der Waals surface area (Å²) in [5, 5.41) is 18.2. The predicted molar refractivity (Wildman–Crippen MR) is 89.6 cm³/mol. The molecule has 1 aromatic carbocycles. The summed E-state index contributed by atoms with van der Waals surface area (Å²) >= 11 is 0. The molecule has 0 atom stereocenters. The number of hydrogen-bond acceptors (Lipinski definition) is 6. The molecule has 0 fully saturated rings. The van der Waals surface area contributed by atoms with Crippen LogP contribution in [0.2, 0.25) is 0 Å². The molecule has 0 unspecified atom stereocenters. The van der Waals surface area contributed by atoms with Gasteiger partial charge in [-0.3, -0.25) is 4.98 Å². The first-order chi connectivity index (χ1) is 12.0. The zero-order valence-electron chi connectivity index (χ0n) is 13.9. The van der Waals surface area contributed by atoms with Crippen molar-refractivity contribution >= 4 is 11.9 Å². The van der Waals surface area contributed by atoms with Crippen LogP contribution in [0.3, 0.4) is 0 Å². The van der Waals surface area contributed by atoms with Gasteiger partial charge in [-0.05, 0) is 29.3 Å². The second-order valence-electron chi connectivity index (χ2n) is 4.76. The summed E-state index contributed by atoms with van der Waals surface area (Å²) in [6.07, 6.45) is 3.64. The van der Waals surface area contributed by atoms with Gasteiger partial charge in [0.1, 0.15) is 0 Å². The number of methoxy groups -OCH3 is 2. The third-order valence-electron chi connectivity index (χ3n) is 3.01. The molecule has 0 aliphatic heterocycles. The molecule has 0 saturated carbocycles. The molecule has 25 heavy (non-hydrogen) atoms. The summed E-state index contributed by atoms with van der Waals surface area (Å²) in [7, 11) is 3.28. The maximum atomic E-state index is 9.10. The Bertz CT molecular complexity index is 679. The van der Waals surface area contributed by atoms with Crippen LogP contribution in [0.1, 0.15) is 11.1 Å². The van der Waals surface area contributed by atoms with Gasteiger partial charge in [0.15, 0.2) is 11.5 Å². The van der Waals surface area contributed by atoms with Crippen LogP contribution in [0, 0.1) is 0 Å². The number of aliphatic carboxylic acids is 2. The topological polar surface area (TPSA) is 118 Å². The van der Waals surface area contributed by atoms with Crippen LogP contribution < -0.4 is 14.8 Å². The Hall–Kier alpha value is -3.13. The number of carbonyl (C=O) groups is 2. The van der Waals surface area contributed by atoms with E-state index in [4.69, 9.17) is 29.3 Å². The molecule has 2 rings (SSSR count). The van der Waals surface area contributed by atoms with E-state index in [1.54, 1.807) is 20.4 Å². The van der Waals surface area contributed by atoms with Crippen molar-refractivity contribution in [3.63, 3.8) is 0 Å². The Morgan fingerprint density at radius 3 is 2.16 bits per heavy atom. The molecule has 0 radical (unpaired) electrons. The van der Waals surface area contributed by atoms with Crippen LogP contribution in [0.15, 0.2) is 42.7 Å². The third kappa shape index (κ3) is 7.32. The van der Waals surface area contributed by atoms with Gasteiger partial charge >= 0.3 is 11.9 Å². The SMILES string of the molecule is COc1ccc(CNCc2cccnc2)cc1OC.O=C(O)C(=O)O. The standard InChI is InChI=1S/C15H18N2O2.C2H2O4/c1-18-14-6-5-12(8-15(14)19-2)9-17-11-13-4-3-7-16-10-13;3-1(4)2(5)6/h3-8,10,17H,9,11H2,1-2H3;(H,3,4)(H,5,6). The lowest BCUT2D eigenvalue weighted by Gasteiger charge is -2.10. The van der Waals surface area contributed by atoms with Gasteiger partial charge in [0.2, 0.25) is 0 Å². The number of ether oxygens (including phenoxy) is 2. The lowest BCUT2D eigenvalue weighted by molar-refractivity contribution is -0.159. The molecule has 3 N–H and O–H groups in total. The highest BCUT2D eigenvalue weighted by atomic mass is 16.5. The van der Waals surface area contributed by atoms with E-state index in [0.717, 1.165) is 30.2 Å². The molecule has 0 bridgehead atoms. The van der Waals surface area contributed by atoms with Gasteiger partial charge in [0.05, 0.1) is 14.2 Å². The Morgan fingerprint density at radius 1 is 1.00 bits per heavy atom. The first-order valence-electron chi connectivity index (χ1n) is 7.24. The van der Waals surface area contributed by atoms with Gasteiger partial charge in [0.25, 0.3) is 0 Å². The lowest BCUT2D eigenvalue weighted by atomic mass is 10.2. The van der Waals surface area contributed by atoms with Gasteiger partial charge in [-0.25, -0.2) is 9.59 Å². The summed E-state index contributed by atoms with van der Waals surface area (Å²) in [5.41, 5.74) is 2.32. The monoisotopic (exact) mass is 348 g/mol. The maximum Gasteiger partial charge on any atom is 0.414 e. The van der Waals surface area contributed by atoms with Gasteiger partial charge < -0.3 is 25.0 Å². The molecule has 1 heterocycles. The highest BCUT2D eigenvalue weighted by Gasteiger charge is 2.04. The molecule has 0 aliphatic carbocycles. The zero-order chi connectivity index (χ0) is 18.7. The molecule has 0 amide bonds. The van der Waals surface area contributed by atoms with E-state index in [2.05, 4.69) is 16.4 Å². The fourth-order valence-corrected chi connectivity index (χ4v) is 1.84. The maximum absolute atomic E-state index is 9.10. The predicted octanol–water partition coefficient (Wildman–Crippen LogP) is 1.54. The van der Waals surface area contributed by atoms with Crippen molar-refractivity contribution in [2.24, 2.45) is 0 Å². The van der Waals surface area contributed by atoms with Crippen LogP contribution in [-0.4, -0.2) is 41.4 Å². The Balaban J connectivity index is 0.000000450. The van der Waals surface area contributed by atoms with E-state index in [-0.39, 0.29) is 0 Å². The molecule has 0 aliphatic rings. The summed E-state index contributed by atoms with van der Waals surface area (Å²) in [6, 6.07) is 9.91. The fraction of sp³-hybridized carbons (Fsp3) is 0.235. The van der Waals surface area contributed by atoms with Crippen LogP contribution in [0.5, 0.6) is 11.5 Å². The molecule has 1 aromatic heterocycles. The molecule has 134 valence electrons. The number of nitrogens with zero attached hydrogens (tertiary/aromatic N) is 1. The first-order valence-corrected chi connectivity index (χ1v) is 7.24. The van der Waals surface area contributed by atoms with Crippen molar-refractivity contribution in [1.29, 1.82) is 0 Å². The summed E-state index contributed by atoms with van der Waals surface area (Å²) in [6.45, 7) is 1.57. The smallest absolute Gasteiger partial charge is 0.414 e. The third-order valence-corrected chi connectivity index (χ3v) is 3.01. The van der Waals surface area contributed by atoms with Gasteiger partial charge in [-0.2, -0.15) is 0 Å². The summed E-state index contributed by atoms with van der Waals surface area (Å²) < 4.78 is 10.5. The number of carboxylic acids is 2. The quantitative estimate of drug-likeness (QED) is 0.673. The van der Waals surface area contributed by atoms with Crippen LogP contribution in [-0.2, 0) is 22.7 Å². The molecule has 8 nitrogen and oxygen atoms in total. The number of aromatic nitrogens is 1. The van der Waals surface area contributed by atoms with Crippen molar-refractivity contribution in [3.8, 4) is 11.5 Å². The number of pyridine rings is 1. The summed E-state index contributed by atoms with van der Waals surface area (Å²) in [5.74, 6) is -2.15. The van der Waals surface area contributed by atoms with E-state index in [9.17, 15) is 0 Å². The number of hydrogen-bond donors (Lipinski definition) is 3. The minimum absolute atomic E-state index is 0.749. The molecule has 2 aromatic rings.